The van der Waals surface area contributed by atoms with E-state index in [-0.39, 0.29) is 11.6 Å². The van der Waals surface area contributed by atoms with Crippen molar-refractivity contribution in [3.63, 3.8) is 0 Å². The van der Waals surface area contributed by atoms with Crippen LogP contribution in [0.15, 0.2) is 21.9 Å². The van der Waals surface area contributed by atoms with Crippen LogP contribution in [0.3, 0.4) is 0 Å². The summed E-state index contributed by atoms with van der Waals surface area (Å²) in [5.41, 5.74) is 0.421. The van der Waals surface area contributed by atoms with E-state index >= 15 is 0 Å². The first-order chi connectivity index (χ1) is 9.86. The minimum absolute atomic E-state index is 0.0952. The van der Waals surface area contributed by atoms with E-state index < -0.39 is 17.2 Å². The van der Waals surface area contributed by atoms with Gasteiger partial charge < -0.3 is 9.88 Å². The largest absolute Gasteiger partial charge is 0.349 e. The molecule has 0 radical (unpaired) electrons. The Hall–Kier alpha value is -2.64. The average molecular weight is 291 g/mol. The van der Waals surface area contributed by atoms with Crippen LogP contribution in [0.5, 0.6) is 0 Å². The Morgan fingerprint density at radius 3 is 2.81 bits per heavy atom. The van der Waals surface area contributed by atoms with Crippen molar-refractivity contribution in [1.29, 1.82) is 0 Å². The van der Waals surface area contributed by atoms with Crippen molar-refractivity contribution in [2.75, 3.05) is 0 Å². The minimum atomic E-state index is -0.696. The predicted octanol–water partition coefficient (Wildman–Crippen LogP) is -0.534. The third-order valence-corrected chi connectivity index (χ3v) is 3.00. The first kappa shape index (κ1) is 14.8. The molecule has 2 aromatic rings. The molecule has 0 aliphatic heterocycles. The molecule has 2 heterocycles. The second-order valence-electron chi connectivity index (χ2n) is 5.03. The fourth-order valence-corrected chi connectivity index (χ4v) is 1.97. The summed E-state index contributed by atoms with van der Waals surface area (Å²) in [6, 6.07) is 1.69. The maximum absolute atomic E-state index is 12.1. The van der Waals surface area contributed by atoms with Crippen molar-refractivity contribution in [1.82, 2.24) is 25.1 Å². The number of carbonyl (C=O) groups excluding carboxylic acids is 1. The fourth-order valence-electron chi connectivity index (χ4n) is 1.97. The predicted molar refractivity (Wildman–Crippen MR) is 76.3 cm³/mol. The van der Waals surface area contributed by atoms with Gasteiger partial charge in [-0.1, -0.05) is 0 Å². The second kappa shape index (κ2) is 5.78. The molecule has 0 saturated heterocycles. The highest BCUT2D eigenvalue weighted by Gasteiger charge is 2.15. The van der Waals surface area contributed by atoms with Crippen LogP contribution >= 0.6 is 0 Å². The number of hydrogen-bond acceptors (Lipinski definition) is 4. The molecule has 0 aliphatic carbocycles. The number of nitrogens with one attached hydrogen (secondary N) is 3. The van der Waals surface area contributed by atoms with E-state index in [0.29, 0.717) is 6.42 Å². The highest BCUT2D eigenvalue weighted by atomic mass is 16.2. The molecule has 0 spiro atoms. The molecule has 1 atom stereocenters. The van der Waals surface area contributed by atoms with Gasteiger partial charge in [0.05, 0.1) is 5.69 Å². The summed E-state index contributed by atoms with van der Waals surface area (Å²) < 4.78 is 1.15. The summed E-state index contributed by atoms with van der Waals surface area (Å²) in [4.78, 5) is 37.0. The van der Waals surface area contributed by atoms with Crippen LogP contribution in [0.1, 0.15) is 28.7 Å². The SMILES string of the molecule is Cc1cc(CC(C)NC(=O)c2cn(C)c(=O)[nH]c2=O)n[nH]1. The quantitative estimate of drug-likeness (QED) is 0.702. The molecule has 3 N–H and O–H groups in total. The molecule has 2 rings (SSSR count). The van der Waals surface area contributed by atoms with Crippen LogP contribution in [0.2, 0.25) is 0 Å². The van der Waals surface area contributed by atoms with Crippen molar-refractivity contribution in [2.45, 2.75) is 26.3 Å². The smallest absolute Gasteiger partial charge is 0.328 e. The zero-order valence-electron chi connectivity index (χ0n) is 12.1. The molecule has 112 valence electrons. The van der Waals surface area contributed by atoms with E-state index in [1.807, 2.05) is 19.9 Å². The first-order valence-corrected chi connectivity index (χ1v) is 6.48. The van der Waals surface area contributed by atoms with Crippen molar-refractivity contribution < 1.29 is 4.79 Å². The van der Waals surface area contributed by atoms with Gasteiger partial charge in [0.25, 0.3) is 11.5 Å². The van der Waals surface area contributed by atoms with E-state index in [9.17, 15) is 14.4 Å². The van der Waals surface area contributed by atoms with Crippen LogP contribution in [0.25, 0.3) is 0 Å². The summed E-state index contributed by atoms with van der Waals surface area (Å²) in [6.07, 6.45) is 1.77. The van der Waals surface area contributed by atoms with E-state index in [0.717, 1.165) is 16.0 Å². The number of aromatic amines is 2. The lowest BCUT2D eigenvalue weighted by Gasteiger charge is -2.12. The molecular weight excluding hydrogens is 274 g/mol. The molecule has 0 saturated carbocycles. The molecule has 8 nitrogen and oxygen atoms in total. The molecule has 1 unspecified atom stereocenters. The normalized spacial score (nSPS) is 12.1. The van der Waals surface area contributed by atoms with E-state index in [2.05, 4.69) is 20.5 Å². The number of amides is 1. The molecular formula is C13H17N5O3. The van der Waals surface area contributed by atoms with E-state index in [1.165, 1.54) is 13.2 Å². The van der Waals surface area contributed by atoms with Crippen LogP contribution < -0.4 is 16.6 Å². The molecule has 0 aromatic carbocycles. The maximum Gasteiger partial charge on any atom is 0.328 e. The summed E-state index contributed by atoms with van der Waals surface area (Å²) in [5, 5.41) is 9.63. The zero-order chi connectivity index (χ0) is 15.6. The zero-order valence-corrected chi connectivity index (χ0v) is 12.1. The summed E-state index contributed by atoms with van der Waals surface area (Å²) >= 11 is 0. The van der Waals surface area contributed by atoms with Gasteiger partial charge in [-0.15, -0.1) is 0 Å². The summed E-state index contributed by atoms with van der Waals surface area (Å²) in [7, 11) is 1.46. The van der Waals surface area contributed by atoms with E-state index in [1.54, 1.807) is 0 Å². The van der Waals surface area contributed by atoms with Crippen LogP contribution in [-0.2, 0) is 13.5 Å². The minimum Gasteiger partial charge on any atom is -0.349 e. The van der Waals surface area contributed by atoms with Gasteiger partial charge in [-0.2, -0.15) is 5.10 Å². The molecule has 0 bridgehead atoms. The van der Waals surface area contributed by atoms with Crippen LogP contribution in [0.4, 0.5) is 0 Å². The van der Waals surface area contributed by atoms with Crippen LogP contribution in [-0.4, -0.2) is 31.7 Å². The average Bonchev–Trinajstić information content (AvgIpc) is 2.78. The Labute approximate surface area is 120 Å². The Morgan fingerprint density at radius 1 is 1.48 bits per heavy atom. The number of rotatable bonds is 4. The van der Waals surface area contributed by atoms with Crippen molar-refractivity contribution in [2.24, 2.45) is 7.05 Å². The lowest BCUT2D eigenvalue weighted by molar-refractivity contribution is 0.0937. The lowest BCUT2D eigenvalue weighted by atomic mass is 10.1. The topological polar surface area (TPSA) is 113 Å². The van der Waals surface area contributed by atoms with Gasteiger partial charge in [0.2, 0.25) is 0 Å². The van der Waals surface area contributed by atoms with Crippen molar-refractivity contribution in [3.8, 4) is 0 Å². The van der Waals surface area contributed by atoms with Gasteiger partial charge in [0.1, 0.15) is 5.56 Å². The molecule has 1 amide bonds. The van der Waals surface area contributed by atoms with Crippen molar-refractivity contribution >= 4 is 5.91 Å². The van der Waals surface area contributed by atoms with Gasteiger partial charge in [-0.3, -0.25) is 19.7 Å². The maximum atomic E-state index is 12.1. The highest BCUT2D eigenvalue weighted by Crippen LogP contribution is 2.02. The molecule has 8 heteroatoms. The number of hydrogen-bond donors (Lipinski definition) is 3. The summed E-state index contributed by atoms with van der Waals surface area (Å²) in [6.45, 7) is 3.71. The monoisotopic (exact) mass is 291 g/mol. The Kier molecular flexibility index (Phi) is 4.06. The highest BCUT2D eigenvalue weighted by molar-refractivity contribution is 5.93. The molecule has 2 aromatic heterocycles. The van der Waals surface area contributed by atoms with Crippen molar-refractivity contribution in [3.05, 3.63) is 50.1 Å². The van der Waals surface area contributed by atoms with Crippen LogP contribution in [0, 0.1) is 6.92 Å². The second-order valence-corrected chi connectivity index (χ2v) is 5.03. The number of carbonyl (C=O) groups is 1. The number of aromatic nitrogens is 4. The Morgan fingerprint density at radius 2 is 2.19 bits per heavy atom. The van der Waals surface area contributed by atoms with Gasteiger partial charge in [0, 0.05) is 31.4 Å². The number of nitrogens with zero attached hydrogens (tertiary/aromatic N) is 2. The van der Waals surface area contributed by atoms with Gasteiger partial charge in [-0.05, 0) is 19.9 Å². The Balaban J connectivity index is 2.09. The van der Waals surface area contributed by atoms with Gasteiger partial charge >= 0.3 is 5.69 Å². The summed E-state index contributed by atoms with van der Waals surface area (Å²) in [5.74, 6) is -0.522. The lowest BCUT2D eigenvalue weighted by Crippen LogP contribution is -2.40. The fraction of sp³-hybridized carbons (Fsp3) is 0.385. The Bertz CT molecular complexity index is 771. The molecule has 0 aliphatic rings. The third-order valence-electron chi connectivity index (χ3n) is 3.00. The van der Waals surface area contributed by atoms with Gasteiger partial charge in [0.15, 0.2) is 0 Å². The number of H-pyrrole nitrogens is 2. The van der Waals surface area contributed by atoms with Gasteiger partial charge in [-0.25, -0.2) is 4.79 Å². The standard InChI is InChI=1S/C13H17N5O3/c1-7(4-9-5-8(2)16-17-9)14-11(19)10-6-18(3)13(21)15-12(10)20/h5-7H,4H2,1-3H3,(H,14,19)(H,16,17)(H,15,20,21). The number of aryl methyl sites for hydroxylation is 2. The van der Waals surface area contributed by atoms with E-state index in [4.69, 9.17) is 0 Å². The molecule has 21 heavy (non-hydrogen) atoms. The molecule has 0 fully saturated rings. The third kappa shape index (κ3) is 3.47. The first-order valence-electron chi connectivity index (χ1n) is 6.48.